The zero-order valence-corrected chi connectivity index (χ0v) is 27.0. The van der Waals surface area contributed by atoms with Crippen LogP contribution in [0, 0.1) is 11.8 Å². The zero-order chi connectivity index (χ0) is 27.5. The van der Waals surface area contributed by atoms with E-state index in [-0.39, 0.29) is 0 Å². The van der Waals surface area contributed by atoms with Crippen LogP contribution < -0.4 is 0 Å². The topological polar surface area (TPSA) is 0 Å². The van der Waals surface area contributed by atoms with Crippen LogP contribution in [-0.2, 0) is 0 Å². The lowest BCUT2D eigenvalue weighted by Crippen LogP contribution is -1.84. The van der Waals surface area contributed by atoms with E-state index in [1.54, 1.807) is 0 Å². The van der Waals surface area contributed by atoms with E-state index < -0.39 is 0 Å². The molecule has 0 atom stereocenters. The molecule has 0 fully saturated rings. The molecule has 0 aliphatic heterocycles. The zero-order valence-electron chi connectivity index (χ0n) is 27.0. The molecule has 0 unspecified atom stereocenters. The SMILES string of the molecule is CCCCCCCCCCCCCCCCCCC#CCCCCCCCCCCCCCCCCCC. The van der Waals surface area contributed by atoms with Crippen LogP contribution in [0.5, 0.6) is 0 Å². The molecule has 0 aliphatic rings. The van der Waals surface area contributed by atoms with Gasteiger partial charge in [-0.25, -0.2) is 0 Å². The molecule has 0 heteroatoms. The summed E-state index contributed by atoms with van der Waals surface area (Å²) in [6.07, 6.45) is 48.5. The Labute approximate surface area is 243 Å². The fraction of sp³-hybridized carbons (Fsp3) is 0.947. The van der Waals surface area contributed by atoms with Gasteiger partial charge in [-0.2, -0.15) is 0 Å². The van der Waals surface area contributed by atoms with Crippen LogP contribution in [-0.4, -0.2) is 0 Å². The van der Waals surface area contributed by atoms with Gasteiger partial charge < -0.3 is 0 Å². The summed E-state index contributed by atoms with van der Waals surface area (Å²) in [5.74, 6) is 6.87. The van der Waals surface area contributed by atoms with Crippen molar-refractivity contribution in [3.05, 3.63) is 0 Å². The smallest absolute Gasteiger partial charge is 0.00886 e. The monoisotopic (exact) mass is 531 g/mol. The Bertz CT molecular complexity index is 412. The third-order valence-electron chi connectivity index (χ3n) is 8.44. The van der Waals surface area contributed by atoms with E-state index in [2.05, 4.69) is 25.7 Å². The molecule has 0 N–H and O–H groups in total. The van der Waals surface area contributed by atoms with Crippen molar-refractivity contribution in [3.63, 3.8) is 0 Å². The molecule has 0 bridgehead atoms. The van der Waals surface area contributed by atoms with Crippen LogP contribution in [0.4, 0.5) is 0 Å². The van der Waals surface area contributed by atoms with E-state index >= 15 is 0 Å². The molecule has 0 amide bonds. The fourth-order valence-corrected chi connectivity index (χ4v) is 5.70. The van der Waals surface area contributed by atoms with E-state index in [1.807, 2.05) is 0 Å². The van der Waals surface area contributed by atoms with Gasteiger partial charge in [-0.15, -0.1) is 11.8 Å². The highest BCUT2D eigenvalue weighted by molar-refractivity contribution is 4.98. The molecule has 0 heterocycles. The van der Waals surface area contributed by atoms with Crippen LogP contribution in [0.2, 0.25) is 0 Å². The van der Waals surface area contributed by atoms with Crippen molar-refractivity contribution in [3.8, 4) is 11.8 Å². The highest BCUT2D eigenvalue weighted by Gasteiger charge is 1.96. The molecule has 0 aliphatic carbocycles. The van der Waals surface area contributed by atoms with Crippen LogP contribution in [0.1, 0.15) is 232 Å². The average molecular weight is 531 g/mol. The van der Waals surface area contributed by atoms with Crippen molar-refractivity contribution >= 4 is 0 Å². The predicted molar refractivity (Wildman–Crippen MR) is 176 cm³/mol. The van der Waals surface area contributed by atoms with E-state index in [0.29, 0.717) is 0 Å². The summed E-state index contributed by atoms with van der Waals surface area (Å²) in [5, 5.41) is 0. The summed E-state index contributed by atoms with van der Waals surface area (Å²) in [5.41, 5.74) is 0. The maximum Gasteiger partial charge on any atom is 0.00886 e. The predicted octanol–water partition coefficient (Wildman–Crippen LogP) is 14.3. The van der Waals surface area contributed by atoms with Gasteiger partial charge in [0.15, 0.2) is 0 Å². The highest BCUT2D eigenvalue weighted by atomic mass is 14.0. The standard InChI is InChI=1S/C38H74/c1-3-5-7-9-11-13-15-17-19-21-23-25-27-29-31-33-35-37-38-36-34-32-30-28-26-24-22-20-18-16-14-12-10-8-6-4-2/h3-36H2,1-2H3. The second-order valence-electron chi connectivity index (χ2n) is 12.5. The van der Waals surface area contributed by atoms with Crippen LogP contribution in [0.3, 0.4) is 0 Å². The van der Waals surface area contributed by atoms with E-state index in [1.165, 1.54) is 205 Å². The number of hydrogen-bond donors (Lipinski definition) is 0. The Balaban J connectivity index is 3.10. The Morgan fingerprint density at radius 1 is 0.211 bits per heavy atom. The van der Waals surface area contributed by atoms with Crippen LogP contribution in [0.25, 0.3) is 0 Å². The van der Waals surface area contributed by atoms with Crippen molar-refractivity contribution in [2.45, 2.75) is 232 Å². The molecular weight excluding hydrogens is 456 g/mol. The van der Waals surface area contributed by atoms with E-state index in [4.69, 9.17) is 0 Å². The van der Waals surface area contributed by atoms with Gasteiger partial charge in [0, 0.05) is 12.8 Å². The third kappa shape index (κ3) is 35.6. The lowest BCUT2D eigenvalue weighted by Gasteiger charge is -2.03. The molecular formula is C38H74. The second kappa shape index (κ2) is 36.6. The number of unbranched alkanes of at least 4 members (excludes halogenated alkanes) is 32. The van der Waals surface area contributed by atoms with Gasteiger partial charge in [-0.3, -0.25) is 0 Å². The molecule has 0 aromatic rings. The maximum absolute atomic E-state index is 3.44. The minimum atomic E-state index is 1.14. The van der Waals surface area contributed by atoms with Gasteiger partial charge in [0.1, 0.15) is 0 Å². The Kier molecular flexibility index (Phi) is 36.1. The maximum atomic E-state index is 3.44. The van der Waals surface area contributed by atoms with Crippen molar-refractivity contribution in [2.75, 3.05) is 0 Å². The molecule has 0 rings (SSSR count). The molecule has 0 radical (unpaired) electrons. The number of hydrogen-bond acceptors (Lipinski definition) is 0. The van der Waals surface area contributed by atoms with Gasteiger partial charge >= 0.3 is 0 Å². The molecule has 38 heavy (non-hydrogen) atoms. The first kappa shape index (κ1) is 37.6. The number of rotatable bonds is 32. The van der Waals surface area contributed by atoms with Gasteiger partial charge in [-0.05, 0) is 12.8 Å². The van der Waals surface area contributed by atoms with E-state index in [9.17, 15) is 0 Å². The summed E-state index contributed by atoms with van der Waals surface area (Å²) in [6.45, 7) is 4.61. The Morgan fingerprint density at radius 3 is 0.553 bits per heavy atom. The van der Waals surface area contributed by atoms with Gasteiger partial charge in [0.2, 0.25) is 0 Å². The summed E-state index contributed by atoms with van der Waals surface area (Å²) in [6, 6.07) is 0. The summed E-state index contributed by atoms with van der Waals surface area (Å²) >= 11 is 0. The van der Waals surface area contributed by atoms with Crippen molar-refractivity contribution in [1.82, 2.24) is 0 Å². The normalized spacial score (nSPS) is 11.1. The first-order valence-corrected chi connectivity index (χ1v) is 18.4. The quantitative estimate of drug-likeness (QED) is 0.0599. The Morgan fingerprint density at radius 2 is 0.368 bits per heavy atom. The average Bonchev–Trinajstić information content (AvgIpc) is 2.93. The minimum absolute atomic E-state index is 1.14. The molecule has 0 saturated carbocycles. The molecule has 226 valence electrons. The van der Waals surface area contributed by atoms with Gasteiger partial charge in [-0.1, -0.05) is 206 Å². The van der Waals surface area contributed by atoms with Crippen molar-refractivity contribution in [2.24, 2.45) is 0 Å². The van der Waals surface area contributed by atoms with Crippen LogP contribution >= 0.6 is 0 Å². The third-order valence-corrected chi connectivity index (χ3v) is 8.44. The first-order chi connectivity index (χ1) is 18.9. The Hall–Kier alpha value is -0.440. The molecule has 0 saturated heterocycles. The summed E-state index contributed by atoms with van der Waals surface area (Å²) in [7, 11) is 0. The highest BCUT2D eigenvalue weighted by Crippen LogP contribution is 2.15. The first-order valence-electron chi connectivity index (χ1n) is 18.4. The minimum Gasteiger partial charge on any atom is -0.103 e. The second-order valence-corrected chi connectivity index (χ2v) is 12.5. The molecule has 0 aromatic heterocycles. The van der Waals surface area contributed by atoms with Crippen LogP contribution in [0.15, 0.2) is 0 Å². The largest absolute Gasteiger partial charge is 0.103 e. The molecule has 0 aromatic carbocycles. The van der Waals surface area contributed by atoms with Crippen molar-refractivity contribution < 1.29 is 0 Å². The van der Waals surface area contributed by atoms with Gasteiger partial charge in [0.25, 0.3) is 0 Å². The molecule has 0 nitrogen and oxygen atoms in total. The summed E-state index contributed by atoms with van der Waals surface area (Å²) in [4.78, 5) is 0. The van der Waals surface area contributed by atoms with Gasteiger partial charge in [0.05, 0.1) is 0 Å². The van der Waals surface area contributed by atoms with E-state index in [0.717, 1.165) is 12.8 Å². The lowest BCUT2D eigenvalue weighted by atomic mass is 10.0. The lowest BCUT2D eigenvalue weighted by molar-refractivity contribution is 0.530. The fourth-order valence-electron chi connectivity index (χ4n) is 5.70. The summed E-state index contributed by atoms with van der Waals surface area (Å²) < 4.78 is 0. The molecule has 0 spiro atoms. The van der Waals surface area contributed by atoms with Crippen molar-refractivity contribution in [1.29, 1.82) is 0 Å².